The Morgan fingerprint density at radius 2 is 1.88 bits per heavy atom. The lowest BCUT2D eigenvalue weighted by atomic mass is 9.79. The Hall–Kier alpha value is -2.50. The molecule has 1 aliphatic rings. The van der Waals surface area contributed by atoms with Gasteiger partial charge in [-0.15, -0.1) is 0 Å². The highest BCUT2D eigenvalue weighted by molar-refractivity contribution is 5.91. The number of hydrazine groups is 1. The normalized spacial score (nSPS) is 16.2. The molecule has 0 fully saturated rings. The number of methoxy groups -OCH3 is 2. The van der Waals surface area contributed by atoms with Gasteiger partial charge in [-0.05, 0) is 29.5 Å². The molecule has 1 aromatic carbocycles. The molecule has 0 bridgehead atoms. The topological polar surface area (TPSA) is 76.7 Å². The van der Waals surface area contributed by atoms with Crippen LogP contribution in [0.25, 0.3) is 0 Å². The van der Waals surface area contributed by atoms with Gasteiger partial charge in [0.1, 0.15) is 0 Å². The zero-order chi connectivity index (χ0) is 17.7. The monoisotopic (exact) mass is 332 g/mol. The summed E-state index contributed by atoms with van der Waals surface area (Å²) in [5, 5.41) is 0. The molecule has 0 saturated heterocycles. The molecule has 0 saturated carbocycles. The fraction of sp³-hybridized carbons (Fsp3) is 0.444. The smallest absolute Gasteiger partial charge is 0.242 e. The second-order valence-corrected chi connectivity index (χ2v) is 6.69. The zero-order valence-corrected chi connectivity index (χ0v) is 14.6. The maximum Gasteiger partial charge on any atom is 0.242 e. The van der Waals surface area contributed by atoms with Crippen molar-refractivity contribution >= 4 is 11.7 Å². The number of nitrogens with one attached hydrogen (secondary N) is 2. The lowest BCUT2D eigenvalue weighted by Crippen LogP contribution is -2.40. The first-order chi connectivity index (χ1) is 11.3. The van der Waals surface area contributed by atoms with Crippen LogP contribution in [0.5, 0.6) is 11.5 Å². The minimum Gasteiger partial charge on any atom is -0.493 e. The van der Waals surface area contributed by atoms with E-state index in [1.165, 1.54) is 0 Å². The van der Waals surface area contributed by atoms with Crippen LogP contribution in [0.3, 0.4) is 0 Å². The second kappa shape index (κ2) is 7.38. The quantitative estimate of drug-likeness (QED) is 0.781. The minimum atomic E-state index is -0.195. The summed E-state index contributed by atoms with van der Waals surface area (Å²) in [4.78, 5) is 23.8. The van der Waals surface area contributed by atoms with E-state index in [0.717, 1.165) is 17.7 Å². The Morgan fingerprint density at radius 1 is 1.17 bits per heavy atom. The summed E-state index contributed by atoms with van der Waals surface area (Å²) in [5.74, 6) is 1.08. The van der Waals surface area contributed by atoms with Gasteiger partial charge in [0.2, 0.25) is 5.91 Å². The number of hydrogen-bond acceptors (Lipinski definition) is 5. The molecule has 2 N–H and O–H groups in total. The highest BCUT2D eigenvalue weighted by Gasteiger charge is 2.27. The van der Waals surface area contributed by atoms with Crippen LogP contribution in [0.15, 0.2) is 30.0 Å². The van der Waals surface area contributed by atoms with Crippen molar-refractivity contribution in [3.63, 3.8) is 0 Å². The van der Waals surface area contributed by atoms with Gasteiger partial charge in [-0.25, -0.2) is 0 Å². The van der Waals surface area contributed by atoms with Crippen LogP contribution >= 0.6 is 0 Å². The molecule has 0 atom stereocenters. The Balaban J connectivity index is 1.93. The number of hydrogen-bond donors (Lipinski definition) is 2. The third kappa shape index (κ3) is 4.75. The van der Waals surface area contributed by atoms with Crippen LogP contribution in [0.1, 0.15) is 32.3 Å². The Kier molecular flexibility index (Phi) is 5.49. The van der Waals surface area contributed by atoms with Crippen LogP contribution in [0.4, 0.5) is 0 Å². The summed E-state index contributed by atoms with van der Waals surface area (Å²) in [7, 11) is 3.12. The molecule has 6 heteroatoms. The van der Waals surface area contributed by atoms with E-state index < -0.39 is 0 Å². The summed E-state index contributed by atoms with van der Waals surface area (Å²) in [6.45, 7) is 4.07. The van der Waals surface area contributed by atoms with Crippen molar-refractivity contribution in [1.82, 2.24) is 10.9 Å². The van der Waals surface area contributed by atoms with Gasteiger partial charge in [0.05, 0.1) is 20.6 Å². The van der Waals surface area contributed by atoms with Crippen LogP contribution in [-0.4, -0.2) is 25.9 Å². The van der Waals surface area contributed by atoms with Gasteiger partial charge in [-0.3, -0.25) is 15.0 Å². The molecule has 1 aromatic rings. The number of rotatable bonds is 6. The van der Waals surface area contributed by atoms with Crippen LogP contribution in [0.2, 0.25) is 0 Å². The number of ketones is 1. The molecule has 1 amide bonds. The van der Waals surface area contributed by atoms with Crippen molar-refractivity contribution < 1.29 is 19.1 Å². The molecule has 6 nitrogen and oxygen atoms in total. The highest BCUT2D eigenvalue weighted by Crippen LogP contribution is 2.32. The molecule has 2 rings (SSSR count). The summed E-state index contributed by atoms with van der Waals surface area (Å²) in [5.41, 5.74) is 6.95. The van der Waals surface area contributed by atoms with Crippen molar-refractivity contribution in [3.05, 3.63) is 35.5 Å². The van der Waals surface area contributed by atoms with Gasteiger partial charge < -0.3 is 14.9 Å². The van der Waals surface area contributed by atoms with Gasteiger partial charge in [-0.2, -0.15) is 0 Å². The number of benzene rings is 1. The average molecular weight is 332 g/mol. The summed E-state index contributed by atoms with van der Waals surface area (Å²) >= 11 is 0. The molecular formula is C18H24N2O4. The molecular weight excluding hydrogens is 308 g/mol. The van der Waals surface area contributed by atoms with Crippen molar-refractivity contribution in [2.75, 3.05) is 14.2 Å². The minimum absolute atomic E-state index is 0.0721. The highest BCUT2D eigenvalue weighted by atomic mass is 16.5. The maximum absolute atomic E-state index is 12.1. The molecule has 0 radical (unpaired) electrons. The number of allylic oxidation sites excluding steroid dienone is 2. The van der Waals surface area contributed by atoms with Crippen molar-refractivity contribution in [1.29, 1.82) is 0 Å². The van der Waals surface area contributed by atoms with E-state index in [0.29, 0.717) is 17.9 Å². The lowest BCUT2D eigenvalue weighted by molar-refractivity contribution is -0.121. The standard InChI is InChI=1S/C18H24N2O4/c1-18(2)10-13(9-14(21)11-18)19-20-17(22)8-12-5-6-15(23-3)16(7-12)24-4/h5-7,9,19H,8,10-11H2,1-4H3,(H,20,22). The van der Waals surface area contributed by atoms with E-state index in [1.807, 2.05) is 19.9 Å². The zero-order valence-electron chi connectivity index (χ0n) is 14.6. The van der Waals surface area contributed by atoms with E-state index in [2.05, 4.69) is 10.9 Å². The summed E-state index contributed by atoms with van der Waals surface area (Å²) in [6.07, 6.45) is 2.99. The van der Waals surface area contributed by atoms with Crippen molar-refractivity contribution in [2.24, 2.45) is 5.41 Å². The first kappa shape index (κ1) is 17.8. The lowest BCUT2D eigenvalue weighted by Gasteiger charge is -2.29. The number of amides is 1. The first-order valence-corrected chi connectivity index (χ1v) is 7.82. The molecule has 0 heterocycles. The second-order valence-electron chi connectivity index (χ2n) is 6.69. The number of ether oxygens (including phenoxy) is 2. The van der Waals surface area contributed by atoms with Crippen LogP contribution in [-0.2, 0) is 16.0 Å². The van der Waals surface area contributed by atoms with E-state index >= 15 is 0 Å². The van der Waals surface area contributed by atoms with Gasteiger partial charge in [-0.1, -0.05) is 19.9 Å². The molecule has 24 heavy (non-hydrogen) atoms. The average Bonchev–Trinajstić information content (AvgIpc) is 2.51. The first-order valence-electron chi connectivity index (χ1n) is 7.82. The van der Waals surface area contributed by atoms with Crippen LogP contribution < -0.4 is 20.3 Å². The summed E-state index contributed by atoms with van der Waals surface area (Å²) in [6, 6.07) is 5.35. The molecule has 0 aromatic heterocycles. The molecule has 0 unspecified atom stereocenters. The van der Waals surface area contributed by atoms with E-state index in [4.69, 9.17) is 9.47 Å². The molecule has 0 spiro atoms. The molecule has 0 aliphatic heterocycles. The van der Waals surface area contributed by atoms with Gasteiger partial charge in [0.25, 0.3) is 0 Å². The molecule has 130 valence electrons. The fourth-order valence-electron chi connectivity index (χ4n) is 2.80. The van der Waals surface area contributed by atoms with Gasteiger partial charge >= 0.3 is 0 Å². The third-order valence-electron chi connectivity index (χ3n) is 3.83. The Labute approximate surface area is 142 Å². The maximum atomic E-state index is 12.1. The van der Waals surface area contributed by atoms with Crippen molar-refractivity contribution in [3.8, 4) is 11.5 Å². The SMILES string of the molecule is COc1ccc(CC(=O)NNC2=CC(=O)CC(C)(C)C2)cc1OC. The third-order valence-corrected chi connectivity index (χ3v) is 3.83. The Bertz CT molecular complexity index is 665. The van der Waals surface area contributed by atoms with Gasteiger partial charge in [0, 0.05) is 18.2 Å². The largest absolute Gasteiger partial charge is 0.493 e. The molecule has 1 aliphatic carbocycles. The van der Waals surface area contributed by atoms with E-state index in [1.54, 1.807) is 32.4 Å². The van der Waals surface area contributed by atoms with Crippen LogP contribution in [0, 0.1) is 5.41 Å². The predicted molar refractivity (Wildman–Crippen MR) is 90.6 cm³/mol. The number of carbonyl (C=O) groups excluding carboxylic acids is 2. The van der Waals surface area contributed by atoms with E-state index in [-0.39, 0.29) is 23.5 Å². The van der Waals surface area contributed by atoms with Crippen molar-refractivity contribution in [2.45, 2.75) is 33.1 Å². The summed E-state index contributed by atoms with van der Waals surface area (Å²) < 4.78 is 10.4. The van der Waals surface area contributed by atoms with Gasteiger partial charge in [0.15, 0.2) is 17.3 Å². The number of carbonyl (C=O) groups is 2. The van der Waals surface area contributed by atoms with E-state index in [9.17, 15) is 9.59 Å². The fourth-order valence-corrected chi connectivity index (χ4v) is 2.80. The Morgan fingerprint density at radius 3 is 2.50 bits per heavy atom. The predicted octanol–water partition coefficient (Wildman–Crippen LogP) is 2.14.